The quantitative estimate of drug-likeness (QED) is 0.709. The maximum atomic E-state index is 11.3. The molecule has 1 rings (SSSR count). The lowest BCUT2D eigenvalue weighted by molar-refractivity contribution is -0.142. The molecule has 0 radical (unpaired) electrons. The monoisotopic (exact) mass is 220 g/mol. The number of rotatable bonds is 4. The molecular weight excluding hydrogens is 208 g/mol. The van der Waals surface area contributed by atoms with E-state index in [0.717, 1.165) is 0 Å². The fraction of sp³-hybridized carbons (Fsp3) is 0.364. The third-order valence-electron chi connectivity index (χ3n) is 1.89. The molecule has 0 aliphatic heterocycles. The molecule has 0 saturated heterocycles. The summed E-state index contributed by atoms with van der Waals surface area (Å²) in [5.74, 6) is -0.0561. The second kappa shape index (κ2) is 5.71. The summed E-state index contributed by atoms with van der Waals surface area (Å²) in [6.45, 7) is 2.08. The summed E-state index contributed by atoms with van der Waals surface area (Å²) in [6.07, 6.45) is 0.0930. The molecule has 16 heavy (non-hydrogen) atoms. The van der Waals surface area contributed by atoms with Crippen molar-refractivity contribution in [1.29, 1.82) is 5.26 Å². The topological polar surface area (TPSA) is 72.2 Å². The molecule has 1 heterocycles. The number of hydrogen-bond donors (Lipinski definition) is 0. The highest BCUT2D eigenvalue weighted by Gasteiger charge is 2.11. The molecule has 0 fully saturated rings. The van der Waals surface area contributed by atoms with Crippen LogP contribution in [0.25, 0.3) is 0 Å². The van der Waals surface area contributed by atoms with Crippen molar-refractivity contribution in [1.82, 2.24) is 4.98 Å². The highest BCUT2D eigenvalue weighted by atomic mass is 16.5. The number of pyridine rings is 1. The lowest BCUT2D eigenvalue weighted by Gasteiger charge is -2.06. The number of nitrogens with zero attached hydrogens (tertiary/aromatic N) is 2. The van der Waals surface area contributed by atoms with Crippen molar-refractivity contribution in [2.45, 2.75) is 13.3 Å². The van der Waals surface area contributed by atoms with Gasteiger partial charge in [0.2, 0.25) is 5.88 Å². The molecule has 0 aromatic carbocycles. The normalized spacial score (nSPS) is 9.31. The number of aromatic nitrogens is 1. The van der Waals surface area contributed by atoms with E-state index < -0.39 is 0 Å². The summed E-state index contributed by atoms with van der Waals surface area (Å²) in [4.78, 5) is 15.2. The molecule has 0 aliphatic carbocycles. The molecule has 1 aromatic rings. The van der Waals surface area contributed by atoms with Crippen molar-refractivity contribution in [3.05, 3.63) is 23.4 Å². The molecular formula is C11H12N2O3. The smallest absolute Gasteiger partial charge is 0.310 e. The van der Waals surface area contributed by atoms with Crippen LogP contribution in [-0.4, -0.2) is 24.7 Å². The van der Waals surface area contributed by atoms with Gasteiger partial charge in [-0.1, -0.05) is 6.07 Å². The average Bonchev–Trinajstić information content (AvgIpc) is 2.30. The Morgan fingerprint density at radius 2 is 2.31 bits per heavy atom. The standard InChI is InChI=1S/C11H12N2O3/c1-3-16-10(14)6-8-4-5-9(7-12)13-11(8)15-2/h4-5H,3,6H2,1-2H3. The first-order valence-electron chi connectivity index (χ1n) is 4.81. The molecule has 5 nitrogen and oxygen atoms in total. The lowest BCUT2D eigenvalue weighted by atomic mass is 10.2. The summed E-state index contributed by atoms with van der Waals surface area (Å²) >= 11 is 0. The van der Waals surface area contributed by atoms with Gasteiger partial charge in [-0.3, -0.25) is 4.79 Å². The van der Waals surface area contributed by atoms with E-state index in [0.29, 0.717) is 12.2 Å². The molecule has 0 bridgehead atoms. The van der Waals surface area contributed by atoms with E-state index in [1.165, 1.54) is 13.2 Å². The van der Waals surface area contributed by atoms with E-state index in [1.54, 1.807) is 13.0 Å². The van der Waals surface area contributed by atoms with Crippen LogP contribution in [0.4, 0.5) is 0 Å². The van der Waals surface area contributed by atoms with Crippen molar-refractivity contribution in [2.24, 2.45) is 0 Å². The molecule has 0 spiro atoms. The van der Waals surface area contributed by atoms with Crippen LogP contribution >= 0.6 is 0 Å². The van der Waals surface area contributed by atoms with Crippen LogP contribution in [0.1, 0.15) is 18.2 Å². The Morgan fingerprint density at radius 1 is 1.56 bits per heavy atom. The number of ether oxygens (including phenoxy) is 2. The minimum atomic E-state index is -0.340. The molecule has 5 heteroatoms. The van der Waals surface area contributed by atoms with Crippen molar-refractivity contribution in [2.75, 3.05) is 13.7 Å². The van der Waals surface area contributed by atoms with Crippen LogP contribution < -0.4 is 4.74 Å². The zero-order valence-corrected chi connectivity index (χ0v) is 9.19. The highest BCUT2D eigenvalue weighted by Crippen LogP contribution is 2.16. The predicted molar refractivity (Wildman–Crippen MR) is 55.8 cm³/mol. The Labute approximate surface area is 93.6 Å². The summed E-state index contributed by atoms with van der Waals surface area (Å²) in [5, 5.41) is 8.65. The zero-order valence-electron chi connectivity index (χ0n) is 9.19. The predicted octanol–water partition coefficient (Wildman–Crippen LogP) is 1.07. The number of nitriles is 1. The lowest BCUT2D eigenvalue weighted by Crippen LogP contribution is -2.09. The van der Waals surface area contributed by atoms with Gasteiger partial charge in [-0.25, -0.2) is 4.98 Å². The van der Waals surface area contributed by atoms with Gasteiger partial charge < -0.3 is 9.47 Å². The van der Waals surface area contributed by atoms with Crippen molar-refractivity contribution in [3.8, 4) is 11.9 Å². The van der Waals surface area contributed by atoms with Crippen molar-refractivity contribution < 1.29 is 14.3 Å². The highest BCUT2D eigenvalue weighted by molar-refractivity contribution is 5.73. The second-order valence-electron chi connectivity index (χ2n) is 2.96. The van der Waals surface area contributed by atoms with Crippen LogP contribution in [0.2, 0.25) is 0 Å². The van der Waals surface area contributed by atoms with Crippen LogP contribution in [0.5, 0.6) is 5.88 Å². The van der Waals surface area contributed by atoms with E-state index in [9.17, 15) is 4.79 Å². The van der Waals surface area contributed by atoms with E-state index >= 15 is 0 Å². The van der Waals surface area contributed by atoms with Crippen LogP contribution in [0, 0.1) is 11.3 Å². The summed E-state index contributed by atoms with van der Waals surface area (Å²) in [5.41, 5.74) is 0.865. The number of carbonyl (C=O) groups is 1. The maximum absolute atomic E-state index is 11.3. The third kappa shape index (κ3) is 2.95. The molecule has 0 N–H and O–H groups in total. The third-order valence-corrected chi connectivity index (χ3v) is 1.89. The molecule has 0 unspecified atom stereocenters. The van der Waals surface area contributed by atoms with Gasteiger partial charge in [0.15, 0.2) is 0 Å². The fourth-order valence-electron chi connectivity index (χ4n) is 1.21. The SMILES string of the molecule is CCOC(=O)Cc1ccc(C#N)nc1OC. The minimum Gasteiger partial charge on any atom is -0.481 e. The summed E-state index contributed by atoms with van der Waals surface area (Å²) < 4.78 is 9.81. The van der Waals surface area contributed by atoms with Gasteiger partial charge in [0.1, 0.15) is 11.8 Å². The molecule has 0 atom stereocenters. The van der Waals surface area contributed by atoms with Gasteiger partial charge >= 0.3 is 5.97 Å². The largest absolute Gasteiger partial charge is 0.481 e. The fourth-order valence-corrected chi connectivity index (χ4v) is 1.21. The second-order valence-corrected chi connectivity index (χ2v) is 2.96. The number of esters is 1. The van der Waals surface area contributed by atoms with Crippen molar-refractivity contribution in [3.63, 3.8) is 0 Å². The van der Waals surface area contributed by atoms with E-state index in [-0.39, 0.29) is 24.0 Å². The van der Waals surface area contributed by atoms with Gasteiger partial charge in [0.25, 0.3) is 0 Å². The van der Waals surface area contributed by atoms with E-state index in [2.05, 4.69) is 4.98 Å². The first-order valence-corrected chi connectivity index (χ1v) is 4.81. The van der Waals surface area contributed by atoms with Crippen LogP contribution in [0.15, 0.2) is 12.1 Å². The molecule has 0 aliphatic rings. The van der Waals surface area contributed by atoms with Gasteiger partial charge in [-0.05, 0) is 13.0 Å². The molecule has 84 valence electrons. The Morgan fingerprint density at radius 3 is 2.88 bits per heavy atom. The molecule has 1 aromatic heterocycles. The Kier molecular flexibility index (Phi) is 4.28. The average molecular weight is 220 g/mol. The summed E-state index contributed by atoms with van der Waals surface area (Å²) in [7, 11) is 1.44. The summed E-state index contributed by atoms with van der Waals surface area (Å²) in [6, 6.07) is 5.08. The van der Waals surface area contributed by atoms with Gasteiger partial charge in [0.05, 0.1) is 20.1 Å². The van der Waals surface area contributed by atoms with Gasteiger partial charge in [-0.2, -0.15) is 5.26 Å². The van der Waals surface area contributed by atoms with Crippen molar-refractivity contribution >= 4 is 5.97 Å². The number of carbonyl (C=O) groups excluding carboxylic acids is 1. The van der Waals surface area contributed by atoms with Gasteiger partial charge in [-0.15, -0.1) is 0 Å². The van der Waals surface area contributed by atoms with Crippen LogP contribution in [-0.2, 0) is 16.0 Å². The Bertz CT molecular complexity index is 424. The number of methoxy groups -OCH3 is 1. The first kappa shape index (κ1) is 12.0. The number of hydrogen-bond acceptors (Lipinski definition) is 5. The maximum Gasteiger partial charge on any atom is 0.310 e. The Hall–Kier alpha value is -2.09. The Balaban J connectivity index is 2.88. The first-order chi connectivity index (χ1) is 7.71. The van der Waals surface area contributed by atoms with E-state index in [1.807, 2.05) is 6.07 Å². The van der Waals surface area contributed by atoms with E-state index in [4.69, 9.17) is 14.7 Å². The molecule has 0 amide bonds. The zero-order chi connectivity index (χ0) is 12.0. The van der Waals surface area contributed by atoms with Gasteiger partial charge in [0, 0.05) is 5.56 Å². The van der Waals surface area contributed by atoms with Crippen LogP contribution in [0.3, 0.4) is 0 Å². The minimum absolute atomic E-state index is 0.0930. The molecule has 0 saturated carbocycles.